The molecule has 1 saturated carbocycles. The number of anilines is 2. The summed E-state index contributed by atoms with van der Waals surface area (Å²) in [5.74, 6) is -0.703. The van der Waals surface area contributed by atoms with Crippen LogP contribution in [0.3, 0.4) is 0 Å². The summed E-state index contributed by atoms with van der Waals surface area (Å²) in [6, 6.07) is 11.9. The predicted molar refractivity (Wildman–Crippen MR) is 120 cm³/mol. The second-order valence-corrected chi connectivity index (χ2v) is 8.65. The van der Waals surface area contributed by atoms with Crippen LogP contribution in [0.25, 0.3) is 0 Å². The van der Waals surface area contributed by atoms with Crippen molar-refractivity contribution in [3.63, 3.8) is 0 Å². The van der Waals surface area contributed by atoms with E-state index in [2.05, 4.69) is 20.9 Å². The SMILES string of the molecule is Cc1ccc(C(=O)NC2CC2)cc1NC(=O)c1sc(NCc2cccc(F)c2)nc1C. The van der Waals surface area contributed by atoms with Gasteiger partial charge in [-0.3, -0.25) is 9.59 Å². The first kappa shape index (κ1) is 21.0. The second kappa shape index (κ2) is 8.85. The van der Waals surface area contributed by atoms with Crippen LogP contribution in [-0.4, -0.2) is 22.8 Å². The first-order chi connectivity index (χ1) is 14.9. The summed E-state index contributed by atoms with van der Waals surface area (Å²) in [5.41, 5.74) is 3.37. The maximum absolute atomic E-state index is 13.3. The van der Waals surface area contributed by atoms with Crippen LogP contribution in [0, 0.1) is 19.7 Å². The van der Waals surface area contributed by atoms with Gasteiger partial charge in [0.05, 0.1) is 5.69 Å². The molecular weight excluding hydrogens is 415 g/mol. The van der Waals surface area contributed by atoms with E-state index < -0.39 is 0 Å². The van der Waals surface area contributed by atoms with Crippen LogP contribution in [-0.2, 0) is 6.54 Å². The highest BCUT2D eigenvalue weighted by Gasteiger charge is 2.24. The summed E-state index contributed by atoms with van der Waals surface area (Å²) in [4.78, 5) is 30.1. The highest BCUT2D eigenvalue weighted by molar-refractivity contribution is 7.17. The standard InChI is InChI=1S/C23H23FN4O2S/c1-13-6-7-16(21(29)27-18-8-9-18)11-19(13)28-22(30)20-14(2)26-23(31-20)25-12-15-4-3-5-17(24)10-15/h3-7,10-11,18H,8-9,12H2,1-2H3,(H,25,26)(H,27,29)(H,28,30). The van der Waals surface area contributed by atoms with Gasteiger partial charge in [-0.15, -0.1) is 0 Å². The fourth-order valence-electron chi connectivity index (χ4n) is 3.08. The van der Waals surface area contributed by atoms with Crippen molar-refractivity contribution in [1.29, 1.82) is 0 Å². The van der Waals surface area contributed by atoms with E-state index in [0.29, 0.717) is 33.5 Å². The number of benzene rings is 2. The molecule has 1 heterocycles. The molecule has 0 atom stereocenters. The van der Waals surface area contributed by atoms with E-state index in [9.17, 15) is 14.0 Å². The molecule has 1 aliphatic rings. The Bertz CT molecular complexity index is 1140. The summed E-state index contributed by atoms with van der Waals surface area (Å²) in [6.45, 7) is 4.05. The van der Waals surface area contributed by atoms with Crippen molar-refractivity contribution in [2.45, 2.75) is 39.3 Å². The number of thiazole rings is 1. The molecule has 1 aromatic heterocycles. The van der Waals surface area contributed by atoms with Crippen LogP contribution in [0.15, 0.2) is 42.5 Å². The molecule has 3 N–H and O–H groups in total. The highest BCUT2D eigenvalue weighted by atomic mass is 32.1. The third-order valence-electron chi connectivity index (χ3n) is 5.00. The van der Waals surface area contributed by atoms with Crippen LogP contribution in [0.2, 0.25) is 0 Å². The number of aromatic nitrogens is 1. The van der Waals surface area contributed by atoms with E-state index in [0.717, 1.165) is 24.0 Å². The van der Waals surface area contributed by atoms with Gasteiger partial charge in [-0.2, -0.15) is 0 Å². The monoisotopic (exact) mass is 438 g/mol. The Morgan fingerprint density at radius 1 is 1.13 bits per heavy atom. The van der Waals surface area contributed by atoms with E-state index in [1.807, 2.05) is 19.1 Å². The number of carbonyl (C=O) groups excluding carboxylic acids is 2. The Balaban J connectivity index is 1.44. The van der Waals surface area contributed by atoms with Gasteiger partial charge in [0.2, 0.25) is 0 Å². The van der Waals surface area contributed by atoms with E-state index in [-0.39, 0.29) is 23.7 Å². The predicted octanol–water partition coefficient (Wildman–Crippen LogP) is 4.66. The maximum atomic E-state index is 13.3. The number of rotatable bonds is 7. The van der Waals surface area contributed by atoms with Crippen LogP contribution >= 0.6 is 11.3 Å². The van der Waals surface area contributed by atoms with E-state index in [1.165, 1.54) is 23.5 Å². The molecular formula is C23H23FN4O2S. The minimum Gasteiger partial charge on any atom is -0.357 e. The Labute approximate surface area is 183 Å². The third kappa shape index (κ3) is 5.27. The number of hydrogen-bond donors (Lipinski definition) is 3. The van der Waals surface area contributed by atoms with Crippen LogP contribution in [0.4, 0.5) is 15.2 Å². The van der Waals surface area contributed by atoms with E-state index in [4.69, 9.17) is 0 Å². The molecule has 8 heteroatoms. The Morgan fingerprint density at radius 2 is 1.94 bits per heavy atom. The summed E-state index contributed by atoms with van der Waals surface area (Å²) in [5, 5.41) is 9.57. The van der Waals surface area contributed by atoms with Crippen LogP contribution in [0.5, 0.6) is 0 Å². The number of nitrogens with one attached hydrogen (secondary N) is 3. The topological polar surface area (TPSA) is 83.1 Å². The average molecular weight is 439 g/mol. The van der Waals surface area contributed by atoms with Gasteiger partial charge >= 0.3 is 0 Å². The molecule has 2 amide bonds. The average Bonchev–Trinajstić information content (AvgIpc) is 3.47. The fraction of sp³-hybridized carbons (Fsp3) is 0.261. The van der Waals surface area contributed by atoms with E-state index >= 15 is 0 Å². The highest BCUT2D eigenvalue weighted by Crippen LogP contribution is 2.26. The molecule has 0 spiro atoms. The Kier molecular flexibility index (Phi) is 5.99. The summed E-state index contributed by atoms with van der Waals surface area (Å²) < 4.78 is 13.3. The molecule has 0 radical (unpaired) electrons. The van der Waals surface area contributed by atoms with Crippen molar-refractivity contribution in [1.82, 2.24) is 10.3 Å². The van der Waals surface area contributed by atoms with Gasteiger partial charge in [0.15, 0.2) is 5.13 Å². The van der Waals surface area contributed by atoms with E-state index in [1.54, 1.807) is 25.1 Å². The smallest absolute Gasteiger partial charge is 0.267 e. The lowest BCUT2D eigenvalue weighted by atomic mass is 10.1. The first-order valence-corrected chi connectivity index (χ1v) is 10.9. The summed E-state index contributed by atoms with van der Waals surface area (Å²) >= 11 is 1.24. The Hall–Kier alpha value is -3.26. The zero-order valence-corrected chi connectivity index (χ0v) is 18.1. The number of aryl methyl sites for hydroxylation is 2. The molecule has 31 heavy (non-hydrogen) atoms. The minimum atomic E-state index is -0.293. The molecule has 0 bridgehead atoms. The third-order valence-corrected chi connectivity index (χ3v) is 6.11. The molecule has 0 saturated heterocycles. The lowest BCUT2D eigenvalue weighted by molar-refractivity contribution is 0.0949. The van der Waals surface area contributed by atoms with Crippen LogP contribution in [0.1, 0.15) is 49.7 Å². The summed E-state index contributed by atoms with van der Waals surface area (Å²) in [6.07, 6.45) is 2.03. The lowest BCUT2D eigenvalue weighted by Gasteiger charge is -2.10. The van der Waals surface area contributed by atoms with Crippen molar-refractivity contribution in [3.8, 4) is 0 Å². The van der Waals surface area contributed by atoms with Crippen molar-refractivity contribution in [3.05, 3.63) is 75.5 Å². The molecule has 1 aliphatic carbocycles. The molecule has 3 aromatic rings. The van der Waals surface area contributed by atoms with Crippen molar-refractivity contribution in [2.75, 3.05) is 10.6 Å². The largest absolute Gasteiger partial charge is 0.357 e. The molecule has 0 aliphatic heterocycles. The van der Waals surface area contributed by atoms with Crippen molar-refractivity contribution in [2.24, 2.45) is 0 Å². The maximum Gasteiger partial charge on any atom is 0.267 e. The van der Waals surface area contributed by atoms with Gasteiger partial charge in [-0.1, -0.05) is 29.5 Å². The van der Waals surface area contributed by atoms with Crippen molar-refractivity contribution >= 4 is 34.0 Å². The number of halogens is 1. The molecule has 2 aromatic carbocycles. The van der Waals surface area contributed by atoms with Gasteiger partial charge in [0.1, 0.15) is 10.7 Å². The van der Waals surface area contributed by atoms with Crippen molar-refractivity contribution < 1.29 is 14.0 Å². The minimum absolute atomic E-state index is 0.129. The fourth-order valence-corrected chi connectivity index (χ4v) is 3.94. The number of hydrogen-bond acceptors (Lipinski definition) is 5. The quantitative estimate of drug-likeness (QED) is 0.501. The van der Waals surface area contributed by atoms with Gasteiger partial charge in [-0.25, -0.2) is 9.37 Å². The molecule has 160 valence electrons. The zero-order chi connectivity index (χ0) is 22.0. The molecule has 6 nitrogen and oxygen atoms in total. The second-order valence-electron chi connectivity index (χ2n) is 7.65. The van der Waals surface area contributed by atoms with Gasteiger partial charge in [-0.05, 0) is 62.1 Å². The number of amides is 2. The van der Waals surface area contributed by atoms with Gasteiger partial charge < -0.3 is 16.0 Å². The lowest BCUT2D eigenvalue weighted by Crippen LogP contribution is -2.25. The first-order valence-electron chi connectivity index (χ1n) is 10.1. The summed E-state index contributed by atoms with van der Waals surface area (Å²) in [7, 11) is 0. The molecule has 0 unspecified atom stereocenters. The Morgan fingerprint density at radius 3 is 2.68 bits per heavy atom. The molecule has 4 rings (SSSR count). The van der Waals surface area contributed by atoms with Gasteiger partial charge in [0, 0.05) is 23.8 Å². The van der Waals surface area contributed by atoms with Gasteiger partial charge in [0.25, 0.3) is 11.8 Å². The normalized spacial score (nSPS) is 13.0. The molecule has 1 fully saturated rings. The number of nitrogens with zero attached hydrogens (tertiary/aromatic N) is 1. The van der Waals surface area contributed by atoms with Crippen LogP contribution < -0.4 is 16.0 Å². The number of carbonyl (C=O) groups is 2. The zero-order valence-electron chi connectivity index (χ0n) is 17.3.